The highest BCUT2D eigenvalue weighted by Gasteiger charge is 2.33. The van der Waals surface area contributed by atoms with Crippen LogP contribution in [0.2, 0.25) is 0 Å². The second-order valence-electron chi connectivity index (χ2n) is 8.80. The number of aliphatic hydroxyl groups excluding tert-OH is 1. The molecule has 1 N–H and O–H groups in total. The van der Waals surface area contributed by atoms with Gasteiger partial charge in [0.15, 0.2) is 23.0 Å². The van der Waals surface area contributed by atoms with Crippen LogP contribution >= 0.6 is 0 Å². The number of hydrogen-bond donors (Lipinski definition) is 1. The summed E-state index contributed by atoms with van der Waals surface area (Å²) in [6.45, 7) is 1.15. The van der Waals surface area contributed by atoms with Crippen LogP contribution in [0.5, 0.6) is 34.5 Å². The fourth-order valence-electron chi connectivity index (χ4n) is 5.00. The number of rotatable bonds is 10. The largest absolute Gasteiger partial charge is 0.497 e. The fourth-order valence-corrected chi connectivity index (χ4v) is 5.00. The number of benzene rings is 3. The van der Waals surface area contributed by atoms with Crippen molar-refractivity contribution in [2.45, 2.75) is 18.6 Å². The number of β-amino-alcohol motifs (C(OH)–C–C–N with tert-alkyl or cyclic N) is 1. The minimum Gasteiger partial charge on any atom is -0.497 e. The first kappa shape index (κ1) is 26.4. The van der Waals surface area contributed by atoms with Gasteiger partial charge in [0.25, 0.3) is 0 Å². The van der Waals surface area contributed by atoms with E-state index in [0.29, 0.717) is 35.3 Å². The van der Waals surface area contributed by atoms with Gasteiger partial charge in [0.1, 0.15) is 5.75 Å². The van der Waals surface area contributed by atoms with E-state index in [1.807, 2.05) is 48.5 Å². The lowest BCUT2D eigenvalue weighted by Crippen LogP contribution is -2.39. The Morgan fingerprint density at radius 1 is 0.757 bits per heavy atom. The highest BCUT2D eigenvalue weighted by atomic mass is 16.5. The summed E-state index contributed by atoms with van der Waals surface area (Å²) in [6, 6.07) is 15.3. The van der Waals surface area contributed by atoms with Gasteiger partial charge in [0.2, 0.25) is 5.75 Å². The SMILES string of the molecule is COc1ccc(C(O)CN2CCc3cc(OC)c(OC)cc3C2c2cc(OC)c(OC)c(OC)c2)cc1. The zero-order valence-electron chi connectivity index (χ0n) is 22.2. The van der Waals surface area contributed by atoms with Gasteiger partial charge in [-0.15, -0.1) is 0 Å². The molecule has 1 aliphatic heterocycles. The summed E-state index contributed by atoms with van der Waals surface area (Å²) in [5.74, 6) is 3.76. The van der Waals surface area contributed by atoms with Gasteiger partial charge in [-0.2, -0.15) is 0 Å². The molecule has 3 aromatic rings. The smallest absolute Gasteiger partial charge is 0.203 e. The molecule has 4 rings (SSSR count). The Morgan fingerprint density at radius 3 is 1.89 bits per heavy atom. The van der Waals surface area contributed by atoms with Crippen LogP contribution < -0.4 is 28.4 Å². The third kappa shape index (κ3) is 5.26. The highest BCUT2D eigenvalue weighted by Crippen LogP contribution is 2.46. The molecular formula is C29H35NO7. The lowest BCUT2D eigenvalue weighted by Gasteiger charge is -2.39. The Labute approximate surface area is 218 Å². The van der Waals surface area contributed by atoms with Gasteiger partial charge >= 0.3 is 0 Å². The molecule has 1 heterocycles. The van der Waals surface area contributed by atoms with Gasteiger partial charge in [-0.1, -0.05) is 12.1 Å². The number of ether oxygens (including phenoxy) is 6. The van der Waals surface area contributed by atoms with E-state index >= 15 is 0 Å². The first-order valence-electron chi connectivity index (χ1n) is 12.1. The van der Waals surface area contributed by atoms with E-state index in [1.54, 1.807) is 42.7 Å². The number of hydrogen-bond acceptors (Lipinski definition) is 8. The maximum atomic E-state index is 11.2. The predicted octanol–water partition coefficient (Wildman–Crippen LogP) is 4.42. The molecule has 0 saturated carbocycles. The third-order valence-corrected chi connectivity index (χ3v) is 6.88. The van der Waals surface area contributed by atoms with E-state index in [1.165, 1.54) is 0 Å². The maximum absolute atomic E-state index is 11.2. The summed E-state index contributed by atoms with van der Waals surface area (Å²) in [4.78, 5) is 2.27. The minimum atomic E-state index is -0.697. The van der Waals surface area contributed by atoms with E-state index in [-0.39, 0.29) is 6.04 Å². The standard InChI is InChI=1S/C29H35NO7/c1-32-21-9-7-18(8-10-21)23(31)17-30-12-11-19-13-24(33-2)25(34-3)16-22(19)28(30)20-14-26(35-4)29(37-6)27(15-20)36-5/h7-10,13-16,23,28,31H,11-12,17H2,1-6H3. The molecule has 0 aliphatic carbocycles. The Balaban J connectivity index is 1.81. The highest BCUT2D eigenvalue weighted by molar-refractivity contribution is 5.58. The summed E-state index contributed by atoms with van der Waals surface area (Å²) in [6.07, 6.45) is 0.100. The molecular weight excluding hydrogens is 474 g/mol. The van der Waals surface area contributed by atoms with Crippen LogP contribution in [0.15, 0.2) is 48.5 Å². The molecule has 0 aromatic heterocycles. The lowest BCUT2D eigenvalue weighted by atomic mass is 9.87. The lowest BCUT2D eigenvalue weighted by molar-refractivity contribution is 0.0918. The van der Waals surface area contributed by atoms with Gasteiger partial charge in [0, 0.05) is 13.1 Å². The van der Waals surface area contributed by atoms with Crippen molar-refractivity contribution < 1.29 is 33.5 Å². The molecule has 0 amide bonds. The molecule has 2 unspecified atom stereocenters. The van der Waals surface area contributed by atoms with Crippen LogP contribution in [0.25, 0.3) is 0 Å². The van der Waals surface area contributed by atoms with Gasteiger partial charge < -0.3 is 33.5 Å². The van der Waals surface area contributed by atoms with Crippen LogP contribution in [0, 0.1) is 0 Å². The fraction of sp³-hybridized carbons (Fsp3) is 0.379. The molecule has 2 atom stereocenters. The molecule has 0 bridgehead atoms. The Bertz CT molecular complexity index is 1190. The van der Waals surface area contributed by atoms with Crippen molar-refractivity contribution >= 4 is 0 Å². The Kier molecular flexibility index (Phi) is 8.31. The molecule has 0 radical (unpaired) electrons. The van der Waals surface area contributed by atoms with Crippen LogP contribution in [-0.4, -0.2) is 65.8 Å². The van der Waals surface area contributed by atoms with E-state index in [2.05, 4.69) is 4.90 Å². The van der Waals surface area contributed by atoms with Crippen molar-refractivity contribution in [2.75, 3.05) is 55.7 Å². The average molecular weight is 510 g/mol. The van der Waals surface area contributed by atoms with Gasteiger partial charge in [-0.25, -0.2) is 0 Å². The van der Waals surface area contributed by atoms with Gasteiger partial charge in [-0.3, -0.25) is 4.90 Å². The van der Waals surface area contributed by atoms with Crippen LogP contribution in [0.3, 0.4) is 0 Å². The van der Waals surface area contributed by atoms with Crippen molar-refractivity contribution in [3.05, 3.63) is 70.8 Å². The second-order valence-corrected chi connectivity index (χ2v) is 8.80. The number of methoxy groups -OCH3 is 6. The van der Waals surface area contributed by atoms with Gasteiger partial charge in [0.05, 0.1) is 54.8 Å². The summed E-state index contributed by atoms with van der Waals surface area (Å²) in [5.41, 5.74) is 4.00. The topological polar surface area (TPSA) is 78.9 Å². The monoisotopic (exact) mass is 509 g/mol. The molecule has 3 aromatic carbocycles. The molecule has 8 heteroatoms. The zero-order valence-corrected chi connectivity index (χ0v) is 22.2. The molecule has 1 aliphatic rings. The third-order valence-electron chi connectivity index (χ3n) is 6.88. The predicted molar refractivity (Wildman–Crippen MR) is 141 cm³/mol. The van der Waals surface area contributed by atoms with Crippen molar-refractivity contribution in [3.63, 3.8) is 0 Å². The minimum absolute atomic E-state index is 0.204. The van der Waals surface area contributed by atoms with E-state index in [0.717, 1.165) is 41.0 Å². The molecule has 198 valence electrons. The van der Waals surface area contributed by atoms with E-state index in [4.69, 9.17) is 28.4 Å². The molecule has 37 heavy (non-hydrogen) atoms. The summed E-state index contributed by atoms with van der Waals surface area (Å²) < 4.78 is 33.4. The van der Waals surface area contributed by atoms with E-state index < -0.39 is 6.10 Å². The normalized spacial score (nSPS) is 15.9. The van der Waals surface area contributed by atoms with E-state index in [9.17, 15) is 5.11 Å². The average Bonchev–Trinajstić information content (AvgIpc) is 2.95. The Hall–Kier alpha value is -3.62. The summed E-state index contributed by atoms with van der Waals surface area (Å²) >= 11 is 0. The number of nitrogens with zero attached hydrogens (tertiary/aromatic N) is 1. The van der Waals surface area contributed by atoms with Gasteiger partial charge in [-0.05, 0) is 65.1 Å². The number of fused-ring (bicyclic) bond motifs is 1. The summed E-state index contributed by atoms with van der Waals surface area (Å²) in [7, 11) is 9.70. The van der Waals surface area contributed by atoms with Crippen molar-refractivity contribution in [3.8, 4) is 34.5 Å². The number of aliphatic hydroxyl groups is 1. The second kappa shape index (κ2) is 11.6. The van der Waals surface area contributed by atoms with Crippen molar-refractivity contribution in [1.29, 1.82) is 0 Å². The maximum Gasteiger partial charge on any atom is 0.203 e. The Morgan fingerprint density at radius 2 is 1.35 bits per heavy atom. The summed E-state index contributed by atoms with van der Waals surface area (Å²) in [5, 5.41) is 11.2. The van der Waals surface area contributed by atoms with Crippen molar-refractivity contribution in [2.24, 2.45) is 0 Å². The molecule has 8 nitrogen and oxygen atoms in total. The molecule has 0 spiro atoms. The van der Waals surface area contributed by atoms with Crippen LogP contribution in [-0.2, 0) is 6.42 Å². The first-order chi connectivity index (χ1) is 18.0. The van der Waals surface area contributed by atoms with Crippen molar-refractivity contribution in [1.82, 2.24) is 4.90 Å². The zero-order chi connectivity index (χ0) is 26.5. The van der Waals surface area contributed by atoms with Crippen LogP contribution in [0.4, 0.5) is 0 Å². The van der Waals surface area contributed by atoms with Crippen LogP contribution in [0.1, 0.15) is 34.4 Å². The molecule has 0 fully saturated rings. The first-order valence-corrected chi connectivity index (χ1v) is 12.1. The quantitative estimate of drug-likeness (QED) is 0.430. The molecule has 0 saturated heterocycles.